The van der Waals surface area contributed by atoms with Crippen molar-refractivity contribution in [1.82, 2.24) is 5.32 Å². The summed E-state index contributed by atoms with van der Waals surface area (Å²) in [4.78, 5) is 2.26. The van der Waals surface area contributed by atoms with Crippen LogP contribution in [-0.4, -0.2) is 32.8 Å². The summed E-state index contributed by atoms with van der Waals surface area (Å²) in [6.45, 7) is 6.57. The molecule has 2 rings (SSSR count). The van der Waals surface area contributed by atoms with Crippen molar-refractivity contribution >= 4 is 5.69 Å². The smallest absolute Gasteiger partial charge is 0.130 e. The molecule has 0 saturated carbocycles. The minimum atomic E-state index is -0.136. The summed E-state index contributed by atoms with van der Waals surface area (Å²) >= 11 is 0. The third-order valence-electron chi connectivity index (χ3n) is 4.02. The molecule has 0 aliphatic carbocycles. The minimum Gasteiger partial charge on any atom is -0.377 e. The number of hydrogen-bond acceptors (Lipinski definition) is 3. The van der Waals surface area contributed by atoms with E-state index in [2.05, 4.69) is 10.2 Å². The molecule has 1 fully saturated rings. The maximum atomic E-state index is 14.2. The molecule has 1 aliphatic rings. The summed E-state index contributed by atoms with van der Waals surface area (Å²) in [5.74, 6) is -0.136. The Morgan fingerprint density at radius 3 is 3.00 bits per heavy atom. The Labute approximate surface area is 121 Å². The van der Waals surface area contributed by atoms with Crippen molar-refractivity contribution in [2.24, 2.45) is 0 Å². The van der Waals surface area contributed by atoms with Gasteiger partial charge in [0.15, 0.2) is 0 Å². The van der Waals surface area contributed by atoms with Gasteiger partial charge < -0.3 is 15.0 Å². The van der Waals surface area contributed by atoms with Crippen LogP contribution in [0.1, 0.15) is 38.3 Å². The van der Waals surface area contributed by atoms with Crippen molar-refractivity contribution in [3.8, 4) is 0 Å². The Bertz CT molecular complexity index is 436. The van der Waals surface area contributed by atoms with Crippen LogP contribution in [0.25, 0.3) is 0 Å². The number of nitrogens with zero attached hydrogens (tertiary/aromatic N) is 1. The molecule has 0 aromatic heterocycles. The highest BCUT2D eigenvalue weighted by Crippen LogP contribution is 2.31. The number of piperidine rings is 1. The molecule has 1 aromatic rings. The van der Waals surface area contributed by atoms with Crippen LogP contribution < -0.4 is 10.2 Å². The zero-order chi connectivity index (χ0) is 14.5. The van der Waals surface area contributed by atoms with Crippen LogP contribution in [0.3, 0.4) is 0 Å². The Balaban J connectivity index is 2.25. The Kier molecular flexibility index (Phi) is 5.38. The summed E-state index contributed by atoms with van der Waals surface area (Å²) in [6.07, 6.45) is 2.44. The van der Waals surface area contributed by atoms with Gasteiger partial charge in [0.2, 0.25) is 0 Å². The number of benzene rings is 1. The highest BCUT2D eigenvalue weighted by atomic mass is 19.1. The summed E-state index contributed by atoms with van der Waals surface area (Å²) in [5.41, 5.74) is 1.75. The molecule has 1 aromatic carbocycles. The van der Waals surface area contributed by atoms with Gasteiger partial charge in [-0.15, -0.1) is 0 Å². The van der Waals surface area contributed by atoms with Crippen LogP contribution in [0, 0.1) is 5.82 Å². The van der Waals surface area contributed by atoms with Gasteiger partial charge in [-0.3, -0.25) is 0 Å². The fraction of sp³-hybridized carbons (Fsp3) is 0.625. The zero-order valence-corrected chi connectivity index (χ0v) is 12.7. The predicted octanol–water partition coefficient (Wildman–Crippen LogP) is 3.11. The topological polar surface area (TPSA) is 24.5 Å². The van der Waals surface area contributed by atoms with Gasteiger partial charge in [0.05, 0.1) is 6.10 Å². The number of hydrogen-bond donors (Lipinski definition) is 1. The largest absolute Gasteiger partial charge is 0.377 e. The first-order valence-electron chi connectivity index (χ1n) is 7.49. The van der Waals surface area contributed by atoms with Gasteiger partial charge in [-0.25, -0.2) is 4.39 Å². The van der Waals surface area contributed by atoms with Gasteiger partial charge in [0.25, 0.3) is 0 Å². The summed E-state index contributed by atoms with van der Waals surface area (Å²) < 4.78 is 19.9. The molecule has 1 N–H and O–H groups in total. The van der Waals surface area contributed by atoms with Gasteiger partial charge in [-0.05, 0) is 45.9 Å². The molecule has 0 spiro atoms. The SMILES string of the molecule is CCOC1CCCN(c2cccc(F)c2C(C)NC)C1. The Hall–Kier alpha value is -1.13. The maximum Gasteiger partial charge on any atom is 0.130 e. The van der Waals surface area contributed by atoms with E-state index in [9.17, 15) is 4.39 Å². The molecule has 1 aliphatic heterocycles. The molecule has 3 nitrogen and oxygen atoms in total. The van der Waals surface area contributed by atoms with Crippen LogP contribution in [0.5, 0.6) is 0 Å². The number of nitrogens with one attached hydrogen (secondary N) is 1. The van der Waals surface area contributed by atoms with Crippen LogP contribution in [0.2, 0.25) is 0 Å². The van der Waals surface area contributed by atoms with Crippen molar-refractivity contribution in [2.45, 2.75) is 38.8 Å². The van der Waals surface area contributed by atoms with E-state index in [0.717, 1.165) is 43.8 Å². The normalized spacial score (nSPS) is 21.0. The third kappa shape index (κ3) is 3.30. The summed E-state index contributed by atoms with van der Waals surface area (Å²) in [6, 6.07) is 5.34. The molecule has 2 atom stereocenters. The van der Waals surface area contributed by atoms with Crippen LogP contribution in [0.15, 0.2) is 18.2 Å². The van der Waals surface area contributed by atoms with Crippen molar-refractivity contribution in [3.05, 3.63) is 29.6 Å². The van der Waals surface area contributed by atoms with Crippen molar-refractivity contribution in [1.29, 1.82) is 0 Å². The summed E-state index contributed by atoms with van der Waals surface area (Å²) in [5, 5.41) is 3.14. The molecule has 20 heavy (non-hydrogen) atoms. The molecule has 4 heteroatoms. The second kappa shape index (κ2) is 7.04. The van der Waals surface area contributed by atoms with Crippen LogP contribution in [-0.2, 0) is 4.74 Å². The molecular weight excluding hydrogens is 255 g/mol. The standard InChI is InChI=1S/C16H25FN2O/c1-4-20-13-7-6-10-19(11-13)15-9-5-8-14(17)16(15)12(2)18-3/h5,8-9,12-13,18H,4,6-7,10-11H2,1-3H3. The molecule has 0 amide bonds. The fourth-order valence-corrected chi connectivity index (χ4v) is 2.90. The number of rotatable bonds is 5. The minimum absolute atomic E-state index is 0.00123. The second-order valence-corrected chi connectivity index (χ2v) is 5.35. The molecular formula is C16H25FN2O. The molecule has 0 radical (unpaired) electrons. The molecule has 2 unspecified atom stereocenters. The summed E-state index contributed by atoms with van der Waals surface area (Å²) in [7, 11) is 1.86. The number of halogens is 1. The first-order chi connectivity index (χ1) is 9.67. The molecule has 0 bridgehead atoms. The first kappa shape index (κ1) is 15.3. The monoisotopic (exact) mass is 280 g/mol. The zero-order valence-electron chi connectivity index (χ0n) is 12.7. The van der Waals surface area contributed by atoms with E-state index in [1.807, 2.05) is 27.0 Å². The lowest BCUT2D eigenvalue weighted by Gasteiger charge is -2.36. The fourth-order valence-electron chi connectivity index (χ4n) is 2.90. The Morgan fingerprint density at radius 2 is 2.30 bits per heavy atom. The lowest BCUT2D eigenvalue weighted by molar-refractivity contribution is 0.0526. The van der Waals surface area contributed by atoms with Crippen molar-refractivity contribution < 1.29 is 9.13 Å². The average Bonchev–Trinajstić information content (AvgIpc) is 2.47. The van der Waals surface area contributed by atoms with E-state index in [4.69, 9.17) is 4.74 Å². The van der Waals surface area contributed by atoms with E-state index in [1.165, 1.54) is 6.07 Å². The molecule has 1 saturated heterocycles. The van der Waals surface area contributed by atoms with Gasteiger partial charge >= 0.3 is 0 Å². The van der Waals surface area contributed by atoms with Crippen LogP contribution in [0.4, 0.5) is 10.1 Å². The van der Waals surface area contributed by atoms with Gasteiger partial charge in [0.1, 0.15) is 5.82 Å². The van der Waals surface area contributed by atoms with Gasteiger partial charge in [-0.2, -0.15) is 0 Å². The van der Waals surface area contributed by atoms with E-state index in [-0.39, 0.29) is 18.0 Å². The average molecular weight is 280 g/mol. The van der Waals surface area contributed by atoms with Gasteiger partial charge in [-0.1, -0.05) is 6.07 Å². The highest BCUT2D eigenvalue weighted by molar-refractivity contribution is 5.56. The van der Waals surface area contributed by atoms with Crippen molar-refractivity contribution in [3.63, 3.8) is 0 Å². The van der Waals surface area contributed by atoms with E-state index in [0.29, 0.717) is 0 Å². The predicted molar refractivity (Wildman–Crippen MR) is 80.7 cm³/mol. The Morgan fingerprint density at radius 1 is 1.50 bits per heavy atom. The lowest BCUT2D eigenvalue weighted by atomic mass is 10.0. The van der Waals surface area contributed by atoms with Crippen LogP contribution >= 0.6 is 0 Å². The molecule has 1 heterocycles. The maximum absolute atomic E-state index is 14.2. The third-order valence-corrected chi connectivity index (χ3v) is 4.02. The lowest BCUT2D eigenvalue weighted by Crippen LogP contribution is -2.40. The first-order valence-corrected chi connectivity index (χ1v) is 7.49. The molecule has 112 valence electrons. The van der Waals surface area contributed by atoms with E-state index < -0.39 is 0 Å². The second-order valence-electron chi connectivity index (χ2n) is 5.35. The van der Waals surface area contributed by atoms with Crippen molar-refractivity contribution in [2.75, 3.05) is 31.6 Å². The van der Waals surface area contributed by atoms with Gasteiger partial charge in [0, 0.05) is 37.0 Å². The van der Waals surface area contributed by atoms with E-state index in [1.54, 1.807) is 6.07 Å². The quantitative estimate of drug-likeness (QED) is 0.897. The number of ether oxygens (including phenoxy) is 1. The highest BCUT2D eigenvalue weighted by Gasteiger charge is 2.24. The van der Waals surface area contributed by atoms with E-state index >= 15 is 0 Å². The number of anilines is 1.